The molecule has 0 radical (unpaired) electrons. The smallest absolute Gasteiger partial charge is 0.251 e. The first-order valence-corrected chi connectivity index (χ1v) is 10.2. The van der Waals surface area contributed by atoms with E-state index in [4.69, 9.17) is 0 Å². The quantitative estimate of drug-likeness (QED) is 0.530. The van der Waals surface area contributed by atoms with Gasteiger partial charge < -0.3 is 10.6 Å². The third kappa shape index (κ3) is 6.35. The highest BCUT2D eigenvalue weighted by molar-refractivity contribution is 7.11. The number of hydrogen-bond donors (Lipinski definition) is 2. The lowest BCUT2D eigenvalue weighted by Crippen LogP contribution is -2.22. The van der Waals surface area contributed by atoms with Crippen molar-refractivity contribution in [2.24, 2.45) is 0 Å². The molecule has 0 aliphatic heterocycles. The monoisotopic (exact) mass is 378 g/mol. The van der Waals surface area contributed by atoms with E-state index in [1.54, 1.807) is 0 Å². The predicted molar refractivity (Wildman–Crippen MR) is 113 cm³/mol. The lowest BCUT2D eigenvalue weighted by molar-refractivity contribution is 0.0951. The molecule has 2 aromatic carbocycles. The largest absolute Gasteiger partial charge is 0.348 e. The summed E-state index contributed by atoms with van der Waals surface area (Å²) in [7, 11) is 0. The van der Waals surface area contributed by atoms with Crippen molar-refractivity contribution in [2.75, 3.05) is 6.54 Å². The van der Waals surface area contributed by atoms with Crippen LogP contribution in [0.4, 0.5) is 0 Å². The molecule has 0 unspecified atom stereocenters. The summed E-state index contributed by atoms with van der Waals surface area (Å²) >= 11 is 1.85. The lowest BCUT2D eigenvalue weighted by atomic mass is 10.1. The van der Waals surface area contributed by atoms with Gasteiger partial charge in [0.25, 0.3) is 5.91 Å². The van der Waals surface area contributed by atoms with Gasteiger partial charge in [-0.1, -0.05) is 42.5 Å². The number of amides is 1. The Balaban J connectivity index is 1.37. The molecule has 0 aliphatic rings. The number of aryl methyl sites for hydroxylation is 2. The normalized spacial score (nSPS) is 10.7. The van der Waals surface area contributed by atoms with Crippen LogP contribution in [0.25, 0.3) is 0 Å². The summed E-state index contributed by atoms with van der Waals surface area (Å²) in [5, 5.41) is 6.46. The zero-order valence-corrected chi connectivity index (χ0v) is 16.5. The molecule has 0 spiro atoms. The maximum Gasteiger partial charge on any atom is 0.251 e. The molecule has 1 amide bonds. The van der Waals surface area contributed by atoms with Crippen LogP contribution in [0.3, 0.4) is 0 Å². The minimum Gasteiger partial charge on any atom is -0.348 e. The summed E-state index contributed by atoms with van der Waals surface area (Å²) in [4.78, 5) is 15.0. The van der Waals surface area contributed by atoms with Crippen LogP contribution >= 0.6 is 11.3 Å². The fourth-order valence-electron chi connectivity index (χ4n) is 2.91. The van der Waals surface area contributed by atoms with E-state index in [0.717, 1.165) is 31.5 Å². The van der Waals surface area contributed by atoms with E-state index in [2.05, 4.69) is 41.8 Å². The van der Waals surface area contributed by atoms with Gasteiger partial charge in [-0.25, -0.2) is 0 Å². The summed E-state index contributed by atoms with van der Waals surface area (Å²) < 4.78 is 0. The summed E-state index contributed by atoms with van der Waals surface area (Å²) in [6.45, 7) is 4.63. The zero-order chi connectivity index (χ0) is 18.9. The van der Waals surface area contributed by atoms with Crippen LogP contribution in [0.1, 0.15) is 37.7 Å². The molecule has 0 atom stereocenters. The van der Waals surface area contributed by atoms with Crippen molar-refractivity contribution >= 4 is 17.2 Å². The van der Waals surface area contributed by atoms with Gasteiger partial charge in [0.2, 0.25) is 0 Å². The van der Waals surface area contributed by atoms with E-state index >= 15 is 0 Å². The molecule has 0 fully saturated rings. The maximum atomic E-state index is 12.2. The van der Waals surface area contributed by atoms with Crippen LogP contribution in [-0.2, 0) is 19.5 Å². The van der Waals surface area contributed by atoms with Crippen molar-refractivity contribution in [3.05, 3.63) is 93.2 Å². The minimum atomic E-state index is -0.0293. The molecule has 0 aliphatic carbocycles. The standard InChI is InChI=1S/C23H26N2OS/c1-18-9-14-22(27-18)17-24-15-5-8-19-10-12-21(13-11-19)23(26)25-16-20-6-3-2-4-7-20/h2-4,6-7,9-14,24H,5,8,15-17H2,1H3,(H,25,26). The number of thiophene rings is 1. The van der Waals surface area contributed by atoms with Crippen LogP contribution in [0.5, 0.6) is 0 Å². The molecule has 1 aromatic heterocycles. The van der Waals surface area contributed by atoms with Gasteiger partial charge in [0.15, 0.2) is 0 Å². The van der Waals surface area contributed by atoms with Crippen LogP contribution in [0, 0.1) is 6.92 Å². The van der Waals surface area contributed by atoms with Crippen molar-refractivity contribution in [3.8, 4) is 0 Å². The predicted octanol–water partition coefficient (Wildman–Crippen LogP) is 4.71. The molecule has 27 heavy (non-hydrogen) atoms. The SMILES string of the molecule is Cc1ccc(CNCCCc2ccc(C(=O)NCc3ccccc3)cc2)s1. The van der Waals surface area contributed by atoms with Gasteiger partial charge in [-0.3, -0.25) is 4.79 Å². The molecular weight excluding hydrogens is 352 g/mol. The Hall–Kier alpha value is -2.43. The Labute approximate surface area is 165 Å². The van der Waals surface area contributed by atoms with Crippen molar-refractivity contribution in [1.82, 2.24) is 10.6 Å². The molecule has 140 valence electrons. The van der Waals surface area contributed by atoms with Crippen LogP contribution < -0.4 is 10.6 Å². The van der Waals surface area contributed by atoms with Crippen LogP contribution in [0.2, 0.25) is 0 Å². The summed E-state index contributed by atoms with van der Waals surface area (Å²) in [5.74, 6) is -0.0293. The fourth-order valence-corrected chi connectivity index (χ4v) is 3.77. The number of nitrogens with one attached hydrogen (secondary N) is 2. The molecule has 3 rings (SSSR count). The van der Waals surface area contributed by atoms with E-state index in [1.165, 1.54) is 15.3 Å². The van der Waals surface area contributed by atoms with Gasteiger partial charge in [-0.05, 0) is 61.7 Å². The highest BCUT2D eigenvalue weighted by Crippen LogP contribution is 2.14. The Morgan fingerprint density at radius 3 is 2.37 bits per heavy atom. The fraction of sp³-hybridized carbons (Fsp3) is 0.261. The minimum absolute atomic E-state index is 0.0293. The van der Waals surface area contributed by atoms with E-state index in [1.807, 2.05) is 53.8 Å². The molecule has 3 nitrogen and oxygen atoms in total. The van der Waals surface area contributed by atoms with Crippen molar-refractivity contribution in [2.45, 2.75) is 32.9 Å². The molecule has 0 bridgehead atoms. The van der Waals surface area contributed by atoms with Crippen LogP contribution in [-0.4, -0.2) is 12.5 Å². The average molecular weight is 379 g/mol. The van der Waals surface area contributed by atoms with Gasteiger partial charge in [-0.15, -0.1) is 11.3 Å². The molecule has 4 heteroatoms. The Kier molecular flexibility index (Phi) is 7.19. The number of carbonyl (C=O) groups is 1. The maximum absolute atomic E-state index is 12.2. The number of carbonyl (C=O) groups excluding carboxylic acids is 1. The zero-order valence-electron chi connectivity index (χ0n) is 15.7. The summed E-state index contributed by atoms with van der Waals surface area (Å²) in [5.41, 5.74) is 3.08. The third-order valence-corrected chi connectivity index (χ3v) is 5.43. The lowest BCUT2D eigenvalue weighted by Gasteiger charge is -2.07. The van der Waals surface area contributed by atoms with Gasteiger partial charge >= 0.3 is 0 Å². The summed E-state index contributed by atoms with van der Waals surface area (Å²) in [6.07, 6.45) is 2.10. The molecule has 0 saturated carbocycles. The Bertz CT molecular complexity index is 840. The van der Waals surface area contributed by atoms with E-state index < -0.39 is 0 Å². The highest BCUT2D eigenvalue weighted by Gasteiger charge is 2.05. The second-order valence-corrected chi connectivity index (χ2v) is 8.03. The van der Waals surface area contributed by atoms with Crippen molar-refractivity contribution < 1.29 is 4.79 Å². The second kappa shape index (κ2) is 10.0. The molecule has 3 aromatic rings. The first-order valence-electron chi connectivity index (χ1n) is 9.38. The molecular formula is C23H26N2OS. The molecule has 1 heterocycles. The summed E-state index contributed by atoms with van der Waals surface area (Å²) in [6, 6.07) is 22.2. The molecule has 2 N–H and O–H groups in total. The highest BCUT2D eigenvalue weighted by atomic mass is 32.1. The van der Waals surface area contributed by atoms with E-state index in [-0.39, 0.29) is 5.91 Å². The number of hydrogen-bond acceptors (Lipinski definition) is 3. The van der Waals surface area contributed by atoms with Crippen LogP contribution in [0.15, 0.2) is 66.7 Å². The Morgan fingerprint density at radius 1 is 0.889 bits per heavy atom. The number of rotatable bonds is 9. The third-order valence-electron chi connectivity index (χ3n) is 4.43. The van der Waals surface area contributed by atoms with E-state index in [0.29, 0.717) is 12.1 Å². The first-order chi connectivity index (χ1) is 13.2. The van der Waals surface area contributed by atoms with Gasteiger partial charge in [0.1, 0.15) is 0 Å². The van der Waals surface area contributed by atoms with Crippen molar-refractivity contribution in [3.63, 3.8) is 0 Å². The van der Waals surface area contributed by atoms with E-state index in [9.17, 15) is 4.79 Å². The van der Waals surface area contributed by atoms with Crippen molar-refractivity contribution in [1.29, 1.82) is 0 Å². The molecule has 0 saturated heterocycles. The van der Waals surface area contributed by atoms with Gasteiger partial charge in [0.05, 0.1) is 0 Å². The number of benzene rings is 2. The first kappa shape index (κ1) is 19.3. The topological polar surface area (TPSA) is 41.1 Å². The van der Waals surface area contributed by atoms with Gasteiger partial charge in [-0.2, -0.15) is 0 Å². The second-order valence-electron chi connectivity index (χ2n) is 6.66. The average Bonchev–Trinajstić information content (AvgIpc) is 3.12. The van der Waals surface area contributed by atoms with Gasteiger partial charge in [0, 0.05) is 28.4 Å². The Morgan fingerprint density at radius 2 is 1.67 bits per heavy atom.